The third kappa shape index (κ3) is 2.74. The molecule has 1 aliphatic rings. The maximum Gasteiger partial charge on any atom is 0.280 e. The molecule has 0 aliphatic carbocycles. The van der Waals surface area contributed by atoms with Gasteiger partial charge in [0, 0.05) is 6.07 Å². The summed E-state index contributed by atoms with van der Waals surface area (Å²) in [5, 5.41) is 16.7. The van der Waals surface area contributed by atoms with Gasteiger partial charge in [0.2, 0.25) is 0 Å². The molecule has 0 saturated carbocycles. The highest BCUT2D eigenvalue weighted by Crippen LogP contribution is 2.27. The lowest BCUT2D eigenvalue weighted by molar-refractivity contribution is -0.385. The molecule has 1 aliphatic heterocycles. The van der Waals surface area contributed by atoms with Crippen molar-refractivity contribution in [3.05, 3.63) is 75.8 Å². The molecule has 0 bridgehead atoms. The van der Waals surface area contributed by atoms with Gasteiger partial charge >= 0.3 is 0 Å². The summed E-state index contributed by atoms with van der Waals surface area (Å²) in [5.74, 6) is -0.299. The maximum absolute atomic E-state index is 12.6. The molecule has 0 radical (unpaired) electrons. The summed E-state index contributed by atoms with van der Waals surface area (Å²) in [7, 11) is 0. The summed E-state index contributed by atoms with van der Waals surface area (Å²) < 4.78 is 0. The number of para-hydroxylation sites is 2. The minimum Gasteiger partial charge on any atom is -0.267 e. The van der Waals surface area contributed by atoms with E-state index >= 15 is 0 Å². The first-order valence-electron chi connectivity index (χ1n) is 6.98. The van der Waals surface area contributed by atoms with Gasteiger partial charge in [0.1, 0.15) is 0 Å². The van der Waals surface area contributed by atoms with Crippen molar-refractivity contribution in [3.63, 3.8) is 0 Å². The number of benzene rings is 2. The summed E-state index contributed by atoms with van der Waals surface area (Å²) in [6, 6.07) is 15.3. The summed E-state index contributed by atoms with van der Waals surface area (Å²) >= 11 is 0. The normalized spacial score (nSPS) is 15.9. The van der Waals surface area contributed by atoms with Gasteiger partial charge in [0.05, 0.1) is 27.5 Å². The lowest BCUT2D eigenvalue weighted by Gasteiger charge is -2.11. The molecule has 0 fully saturated rings. The van der Waals surface area contributed by atoms with Crippen molar-refractivity contribution in [1.82, 2.24) is 0 Å². The van der Waals surface area contributed by atoms with E-state index < -0.39 is 4.92 Å². The Labute approximate surface area is 132 Å². The van der Waals surface area contributed by atoms with Crippen molar-refractivity contribution < 1.29 is 9.72 Å². The second-order valence-electron chi connectivity index (χ2n) is 5.01. The second-order valence-corrected chi connectivity index (χ2v) is 5.01. The Kier molecular flexibility index (Phi) is 3.72. The number of nitrogens with zero attached hydrogens (tertiary/aromatic N) is 3. The second kappa shape index (κ2) is 5.84. The molecular weight excluding hydrogens is 294 g/mol. The van der Waals surface area contributed by atoms with Gasteiger partial charge in [-0.2, -0.15) is 10.1 Å². The standard InChI is InChI=1S/C17H13N3O3/c1-12-15(11-13-7-5-6-10-16(13)20(22)23)17(21)19(18-12)14-8-3-2-4-9-14/h2-11H,1H3/b15-11-. The zero-order chi connectivity index (χ0) is 16.4. The Bertz CT molecular complexity index is 841. The number of hydrogen-bond acceptors (Lipinski definition) is 4. The molecule has 0 aromatic heterocycles. The average Bonchev–Trinajstić information content (AvgIpc) is 2.84. The van der Waals surface area contributed by atoms with Gasteiger partial charge in [-0.05, 0) is 31.2 Å². The van der Waals surface area contributed by atoms with Crippen molar-refractivity contribution in [3.8, 4) is 0 Å². The molecule has 2 aromatic carbocycles. The van der Waals surface area contributed by atoms with Gasteiger partial charge in [-0.3, -0.25) is 14.9 Å². The lowest BCUT2D eigenvalue weighted by Crippen LogP contribution is -2.21. The van der Waals surface area contributed by atoms with Crippen LogP contribution >= 0.6 is 0 Å². The van der Waals surface area contributed by atoms with Crippen LogP contribution in [0.5, 0.6) is 0 Å². The molecular formula is C17H13N3O3. The molecule has 6 heteroatoms. The number of nitro benzene ring substituents is 1. The number of carbonyl (C=O) groups is 1. The third-order valence-corrected chi connectivity index (χ3v) is 3.50. The molecule has 0 atom stereocenters. The van der Waals surface area contributed by atoms with Crippen LogP contribution in [0, 0.1) is 10.1 Å². The smallest absolute Gasteiger partial charge is 0.267 e. The van der Waals surface area contributed by atoms with E-state index in [1.54, 1.807) is 37.3 Å². The fraction of sp³-hybridized carbons (Fsp3) is 0.0588. The van der Waals surface area contributed by atoms with Crippen molar-refractivity contribution in [1.29, 1.82) is 0 Å². The minimum absolute atomic E-state index is 0.0428. The zero-order valence-electron chi connectivity index (χ0n) is 12.3. The predicted octanol–water partition coefficient (Wildman–Crippen LogP) is 3.40. The highest BCUT2D eigenvalue weighted by atomic mass is 16.6. The van der Waals surface area contributed by atoms with Crippen molar-refractivity contribution in [2.45, 2.75) is 6.92 Å². The van der Waals surface area contributed by atoms with E-state index in [9.17, 15) is 14.9 Å². The van der Waals surface area contributed by atoms with Crippen LogP contribution in [-0.2, 0) is 4.79 Å². The van der Waals surface area contributed by atoms with Crippen LogP contribution in [0.2, 0.25) is 0 Å². The quantitative estimate of drug-likeness (QED) is 0.495. The lowest BCUT2D eigenvalue weighted by atomic mass is 10.1. The maximum atomic E-state index is 12.6. The van der Waals surface area contributed by atoms with E-state index in [4.69, 9.17) is 0 Å². The number of hydrazone groups is 1. The van der Waals surface area contributed by atoms with E-state index in [2.05, 4.69) is 5.10 Å². The van der Waals surface area contributed by atoms with Crippen LogP contribution in [-0.4, -0.2) is 16.5 Å². The largest absolute Gasteiger partial charge is 0.280 e. The van der Waals surface area contributed by atoms with Crippen LogP contribution in [0.4, 0.5) is 11.4 Å². The van der Waals surface area contributed by atoms with E-state index in [-0.39, 0.29) is 11.6 Å². The zero-order valence-corrected chi connectivity index (χ0v) is 12.3. The Hall–Kier alpha value is -3.28. The molecule has 0 unspecified atom stereocenters. The molecule has 6 nitrogen and oxygen atoms in total. The molecule has 0 saturated heterocycles. The molecule has 0 N–H and O–H groups in total. The van der Waals surface area contributed by atoms with Crippen LogP contribution in [0.25, 0.3) is 6.08 Å². The first kappa shape index (κ1) is 14.6. The molecule has 114 valence electrons. The fourth-order valence-corrected chi connectivity index (χ4v) is 2.36. The van der Waals surface area contributed by atoms with Crippen molar-refractivity contribution in [2.24, 2.45) is 5.10 Å². The predicted molar refractivity (Wildman–Crippen MR) is 88.1 cm³/mol. The Morgan fingerprint density at radius 3 is 2.43 bits per heavy atom. The number of anilines is 1. The Morgan fingerprint density at radius 1 is 1.09 bits per heavy atom. The average molecular weight is 307 g/mol. The monoisotopic (exact) mass is 307 g/mol. The third-order valence-electron chi connectivity index (χ3n) is 3.50. The molecule has 2 aromatic rings. The number of rotatable bonds is 3. The van der Waals surface area contributed by atoms with Crippen LogP contribution in [0.1, 0.15) is 12.5 Å². The SMILES string of the molecule is CC1=NN(c2ccccc2)C(=O)/C1=C\c1ccccc1[N+](=O)[O-]. The summed E-state index contributed by atoms with van der Waals surface area (Å²) in [5.41, 5.74) is 1.87. The fourth-order valence-electron chi connectivity index (χ4n) is 2.36. The van der Waals surface area contributed by atoms with E-state index in [0.29, 0.717) is 22.5 Å². The van der Waals surface area contributed by atoms with Gasteiger partial charge in [-0.1, -0.05) is 30.3 Å². The first-order chi connectivity index (χ1) is 11.1. The molecule has 1 amide bonds. The number of carbonyl (C=O) groups excluding carboxylic acids is 1. The summed E-state index contributed by atoms with van der Waals surface area (Å²) in [6.45, 7) is 1.71. The van der Waals surface area contributed by atoms with Crippen LogP contribution in [0.3, 0.4) is 0 Å². The van der Waals surface area contributed by atoms with Gasteiger partial charge in [-0.25, -0.2) is 0 Å². The highest BCUT2D eigenvalue weighted by molar-refractivity contribution is 6.32. The van der Waals surface area contributed by atoms with Gasteiger partial charge < -0.3 is 0 Å². The molecule has 3 rings (SSSR count). The number of amides is 1. The van der Waals surface area contributed by atoms with Gasteiger partial charge in [0.25, 0.3) is 11.6 Å². The molecule has 0 spiro atoms. The van der Waals surface area contributed by atoms with Crippen LogP contribution < -0.4 is 5.01 Å². The number of nitro groups is 1. The Balaban J connectivity index is 2.01. The summed E-state index contributed by atoms with van der Waals surface area (Å²) in [6.07, 6.45) is 1.52. The molecule has 23 heavy (non-hydrogen) atoms. The Morgan fingerprint density at radius 2 is 1.74 bits per heavy atom. The minimum atomic E-state index is -0.465. The van der Waals surface area contributed by atoms with Crippen molar-refractivity contribution in [2.75, 3.05) is 5.01 Å². The molecule has 1 heterocycles. The van der Waals surface area contributed by atoms with Crippen molar-refractivity contribution >= 4 is 29.1 Å². The summed E-state index contributed by atoms with van der Waals surface area (Å²) in [4.78, 5) is 23.2. The van der Waals surface area contributed by atoms with Gasteiger partial charge in [0.15, 0.2) is 0 Å². The van der Waals surface area contributed by atoms with E-state index in [1.807, 2.05) is 18.2 Å². The highest BCUT2D eigenvalue weighted by Gasteiger charge is 2.29. The number of hydrogen-bond donors (Lipinski definition) is 0. The van der Waals surface area contributed by atoms with Gasteiger partial charge in [-0.15, -0.1) is 0 Å². The van der Waals surface area contributed by atoms with Crippen LogP contribution in [0.15, 0.2) is 65.3 Å². The first-order valence-corrected chi connectivity index (χ1v) is 6.98. The topological polar surface area (TPSA) is 75.8 Å². The van der Waals surface area contributed by atoms with E-state index in [1.165, 1.54) is 17.2 Å². The van der Waals surface area contributed by atoms with E-state index in [0.717, 1.165) is 0 Å².